The van der Waals surface area contributed by atoms with E-state index in [1.54, 1.807) is 14.2 Å². The van der Waals surface area contributed by atoms with Gasteiger partial charge in [0.25, 0.3) is 0 Å². The molecule has 0 aliphatic heterocycles. The molecule has 0 heterocycles. The average Bonchev–Trinajstić information content (AvgIpc) is 2.29. The fourth-order valence-electron chi connectivity index (χ4n) is 1.37. The van der Waals surface area contributed by atoms with E-state index in [0.29, 0.717) is 0 Å². The summed E-state index contributed by atoms with van der Waals surface area (Å²) in [7, 11) is 3.29. The van der Waals surface area contributed by atoms with Crippen LogP contribution < -0.4 is 9.47 Å². The molecule has 1 aromatic rings. The summed E-state index contributed by atoms with van der Waals surface area (Å²) in [5, 5.41) is 0. The van der Waals surface area contributed by atoms with Gasteiger partial charge in [-0.25, -0.2) is 0 Å². The molecule has 0 unspecified atom stereocenters. The molecule has 0 radical (unpaired) electrons. The second-order valence-corrected chi connectivity index (χ2v) is 3.12. The standard InChI is InChI=1S/C13H16O2/c1-4-5-6-7-11-8-9-12(14-2)13(10-11)15-3/h8-10H,6-7H2,1-3H3. The number of rotatable bonds is 4. The number of methoxy groups -OCH3 is 2. The SMILES string of the molecule is CC#CCCc1ccc(OC)c(OC)c1. The third-order valence-electron chi connectivity index (χ3n) is 2.16. The number of benzene rings is 1. The van der Waals surface area contributed by atoms with Gasteiger partial charge in [0, 0.05) is 6.42 Å². The number of hydrogen-bond acceptors (Lipinski definition) is 2. The molecule has 0 saturated heterocycles. The second-order valence-electron chi connectivity index (χ2n) is 3.12. The lowest BCUT2D eigenvalue weighted by atomic mass is 10.1. The van der Waals surface area contributed by atoms with Crippen molar-refractivity contribution in [3.63, 3.8) is 0 Å². The zero-order valence-electron chi connectivity index (χ0n) is 9.46. The molecule has 1 rings (SSSR count). The lowest BCUT2D eigenvalue weighted by molar-refractivity contribution is 0.354. The molecule has 15 heavy (non-hydrogen) atoms. The van der Waals surface area contributed by atoms with Crippen LogP contribution in [0, 0.1) is 11.8 Å². The zero-order valence-corrected chi connectivity index (χ0v) is 9.46. The monoisotopic (exact) mass is 204 g/mol. The third kappa shape index (κ3) is 3.21. The number of hydrogen-bond donors (Lipinski definition) is 0. The van der Waals surface area contributed by atoms with Crippen molar-refractivity contribution in [1.82, 2.24) is 0 Å². The van der Waals surface area contributed by atoms with Gasteiger partial charge in [-0.15, -0.1) is 11.8 Å². The minimum absolute atomic E-state index is 0.767. The molecule has 0 amide bonds. The van der Waals surface area contributed by atoms with Crippen molar-refractivity contribution < 1.29 is 9.47 Å². The van der Waals surface area contributed by atoms with Crippen LogP contribution in [0.3, 0.4) is 0 Å². The maximum absolute atomic E-state index is 5.22. The first-order valence-corrected chi connectivity index (χ1v) is 4.92. The molecular formula is C13H16O2. The summed E-state index contributed by atoms with van der Waals surface area (Å²) in [6.07, 6.45) is 1.83. The van der Waals surface area contributed by atoms with Gasteiger partial charge in [-0.3, -0.25) is 0 Å². The number of aryl methyl sites for hydroxylation is 1. The molecule has 2 heteroatoms. The van der Waals surface area contributed by atoms with Crippen molar-refractivity contribution in [2.75, 3.05) is 14.2 Å². The van der Waals surface area contributed by atoms with E-state index in [-0.39, 0.29) is 0 Å². The molecule has 0 N–H and O–H groups in total. The summed E-state index contributed by atoms with van der Waals surface area (Å²) < 4.78 is 10.4. The topological polar surface area (TPSA) is 18.5 Å². The molecule has 0 saturated carbocycles. The van der Waals surface area contributed by atoms with Gasteiger partial charge in [-0.2, -0.15) is 0 Å². The summed E-state index contributed by atoms with van der Waals surface area (Å²) in [6.45, 7) is 1.86. The van der Waals surface area contributed by atoms with Crippen LogP contribution in [0.15, 0.2) is 18.2 Å². The van der Waals surface area contributed by atoms with Crippen LogP contribution in [0.2, 0.25) is 0 Å². The smallest absolute Gasteiger partial charge is 0.160 e. The van der Waals surface area contributed by atoms with E-state index in [4.69, 9.17) is 9.47 Å². The van der Waals surface area contributed by atoms with Gasteiger partial charge in [0.15, 0.2) is 11.5 Å². The first kappa shape index (κ1) is 11.5. The highest BCUT2D eigenvalue weighted by Crippen LogP contribution is 2.27. The molecule has 0 aliphatic rings. The summed E-state index contributed by atoms with van der Waals surface area (Å²) in [6, 6.07) is 5.96. The van der Waals surface area contributed by atoms with Crippen LogP contribution in [-0.4, -0.2) is 14.2 Å². The van der Waals surface area contributed by atoms with E-state index in [1.165, 1.54) is 5.56 Å². The summed E-state index contributed by atoms with van der Waals surface area (Å²) in [4.78, 5) is 0. The van der Waals surface area contributed by atoms with Gasteiger partial charge in [-0.1, -0.05) is 6.07 Å². The Balaban J connectivity index is 2.77. The Bertz CT molecular complexity index is 372. The molecule has 1 aromatic carbocycles. The molecule has 80 valence electrons. The van der Waals surface area contributed by atoms with Gasteiger partial charge in [0.2, 0.25) is 0 Å². The zero-order chi connectivity index (χ0) is 11.1. The van der Waals surface area contributed by atoms with Crippen molar-refractivity contribution >= 4 is 0 Å². The van der Waals surface area contributed by atoms with E-state index in [9.17, 15) is 0 Å². The Kier molecular flexibility index (Phi) is 4.56. The lowest BCUT2D eigenvalue weighted by Gasteiger charge is -2.08. The van der Waals surface area contributed by atoms with Gasteiger partial charge < -0.3 is 9.47 Å². The van der Waals surface area contributed by atoms with Gasteiger partial charge >= 0.3 is 0 Å². The first-order chi connectivity index (χ1) is 7.31. The quantitative estimate of drug-likeness (QED) is 0.702. The average molecular weight is 204 g/mol. The van der Waals surface area contributed by atoms with Crippen LogP contribution in [0.25, 0.3) is 0 Å². The molecule has 0 bridgehead atoms. The maximum Gasteiger partial charge on any atom is 0.160 e. The van der Waals surface area contributed by atoms with Gasteiger partial charge in [0.1, 0.15) is 0 Å². The highest BCUT2D eigenvalue weighted by atomic mass is 16.5. The molecule has 0 aliphatic carbocycles. The van der Waals surface area contributed by atoms with E-state index < -0.39 is 0 Å². The molecule has 0 spiro atoms. The van der Waals surface area contributed by atoms with Crippen LogP contribution in [0.5, 0.6) is 11.5 Å². The molecule has 0 aromatic heterocycles. The van der Waals surface area contributed by atoms with E-state index in [0.717, 1.165) is 24.3 Å². The second kappa shape index (κ2) is 5.98. The Labute approximate surface area is 91.2 Å². The fraction of sp³-hybridized carbons (Fsp3) is 0.385. The molecule has 0 fully saturated rings. The minimum Gasteiger partial charge on any atom is -0.493 e. The summed E-state index contributed by atoms with van der Waals surface area (Å²) >= 11 is 0. The minimum atomic E-state index is 0.767. The van der Waals surface area contributed by atoms with E-state index in [2.05, 4.69) is 11.8 Å². The Morgan fingerprint density at radius 1 is 1.13 bits per heavy atom. The van der Waals surface area contributed by atoms with E-state index in [1.807, 2.05) is 25.1 Å². The fourth-order valence-corrected chi connectivity index (χ4v) is 1.37. The highest BCUT2D eigenvalue weighted by Gasteiger charge is 2.03. The lowest BCUT2D eigenvalue weighted by Crippen LogP contribution is -1.92. The van der Waals surface area contributed by atoms with Crippen molar-refractivity contribution in [3.8, 4) is 23.3 Å². The third-order valence-corrected chi connectivity index (χ3v) is 2.16. The Morgan fingerprint density at radius 3 is 2.47 bits per heavy atom. The van der Waals surface area contributed by atoms with Gasteiger partial charge in [-0.05, 0) is 31.0 Å². The normalized spacial score (nSPS) is 9.00. The first-order valence-electron chi connectivity index (χ1n) is 4.92. The van der Waals surface area contributed by atoms with Crippen molar-refractivity contribution in [3.05, 3.63) is 23.8 Å². The van der Waals surface area contributed by atoms with Gasteiger partial charge in [0.05, 0.1) is 14.2 Å². The largest absolute Gasteiger partial charge is 0.493 e. The molecular weight excluding hydrogens is 188 g/mol. The Hall–Kier alpha value is -1.62. The predicted octanol–water partition coefficient (Wildman–Crippen LogP) is 2.66. The predicted molar refractivity (Wildman–Crippen MR) is 61.3 cm³/mol. The summed E-state index contributed by atoms with van der Waals surface area (Å²) in [5.41, 5.74) is 1.22. The van der Waals surface area contributed by atoms with Crippen LogP contribution in [-0.2, 0) is 6.42 Å². The Morgan fingerprint density at radius 2 is 1.87 bits per heavy atom. The van der Waals surface area contributed by atoms with Crippen LogP contribution in [0.4, 0.5) is 0 Å². The van der Waals surface area contributed by atoms with E-state index >= 15 is 0 Å². The van der Waals surface area contributed by atoms with Crippen LogP contribution in [0.1, 0.15) is 18.9 Å². The summed E-state index contributed by atoms with van der Waals surface area (Å²) in [5.74, 6) is 7.47. The highest BCUT2D eigenvalue weighted by molar-refractivity contribution is 5.43. The molecule has 0 atom stereocenters. The molecule has 2 nitrogen and oxygen atoms in total. The number of ether oxygens (including phenoxy) is 2. The van der Waals surface area contributed by atoms with Crippen molar-refractivity contribution in [1.29, 1.82) is 0 Å². The van der Waals surface area contributed by atoms with Crippen LogP contribution >= 0.6 is 0 Å². The maximum atomic E-state index is 5.22. The van der Waals surface area contributed by atoms with Crippen molar-refractivity contribution in [2.45, 2.75) is 19.8 Å². The van der Waals surface area contributed by atoms with Crippen molar-refractivity contribution in [2.24, 2.45) is 0 Å².